The molecular formula is C50H45SiZr. The molecule has 0 N–H and O–H groups in total. The second kappa shape index (κ2) is 21.5. The third-order valence-corrected chi connectivity index (χ3v) is 8.17. The Hall–Kier alpha value is -4.88. The van der Waals surface area contributed by atoms with Gasteiger partial charge in [0.1, 0.15) is 0 Å². The summed E-state index contributed by atoms with van der Waals surface area (Å²) in [5.74, 6) is 0. The molecule has 8 aromatic rings. The molecule has 253 valence electrons. The predicted octanol–water partition coefficient (Wildman–Crippen LogP) is 14.0. The van der Waals surface area contributed by atoms with Crippen LogP contribution in [0.1, 0.15) is 22.3 Å². The molecule has 0 saturated carbocycles. The molecule has 0 nitrogen and oxygen atoms in total. The molecule has 0 amide bonds. The van der Waals surface area contributed by atoms with Crippen LogP contribution in [0.15, 0.2) is 194 Å². The second-order valence-electron chi connectivity index (χ2n) is 12.4. The first kappa shape index (κ1) is 39.9. The maximum Gasteiger partial charge on any atom is 3.00 e. The summed E-state index contributed by atoms with van der Waals surface area (Å²) in [6, 6.07) is 63.4. The zero-order valence-electron chi connectivity index (χ0n) is 30.6. The van der Waals surface area contributed by atoms with Crippen LogP contribution in [-0.4, -0.2) is 9.52 Å². The van der Waals surface area contributed by atoms with E-state index in [1.807, 2.05) is 60.7 Å². The number of allylic oxidation sites excluding steroid dienone is 2. The molecule has 8 rings (SSSR count). The third kappa shape index (κ3) is 11.8. The Labute approximate surface area is 332 Å². The summed E-state index contributed by atoms with van der Waals surface area (Å²) in [6.45, 7) is 8.60. The molecule has 0 bridgehead atoms. The van der Waals surface area contributed by atoms with E-state index in [4.69, 9.17) is 0 Å². The largest absolute Gasteiger partial charge is 3.00 e. The molecular weight excluding hydrogens is 720 g/mol. The van der Waals surface area contributed by atoms with Crippen LogP contribution >= 0.6 is 0 Å². The minimum absolute atomic E-state index is 0. The number of benzene rings is 6. The van der Waals surface area contributed by atoms with Crippen LogP contribution in [0.3, 0.4) is 0 Å². The van der Waals surface area contributed by atoms with Crippen molar-refractivity contribution in [2.45, 2.75) is 26.9 Å². The van der Waals surface area contributed by atoms with E-state index < -0.39 is 0 Å². The minimum Gasteiger partial charge on any atom is -0.165 e. The van der Waals surface area contributed by atoms with E-state index in [0.29, 0.717) is 0 Å². The molecule has 0 spiro atoms. The molecule has 8 aromatic carbocycles. The Balaban J connectivity index is 0.000000166. The monoisotopic (exact) mass is 763 g/mol. The summed E-state index contributed by atoms with van der Waals surface area (Å²) < 4.78 is 0. The molecule has 0 aliphatic rings. The number of fused-ring (bicyclic) bond motifs is 2. The van der Waals surface area contributed by atoms with Crippen LogP contribution in [-0.2, 0) is 26.2 Å². The molecule has 0 saturated heterocycles. The molecule has 0 heterocycles. The van der Waals surface area contributed by atoms with Gasteiger partial charge in [0, 0.05) is 9.52 Å². The van der Waals surface area contributed by atoms with Gasteiger partial charge >= 0.3 is 26.2 Å². The van der Waals surface area contributed by atoms with Crippen molar-refractivity contribution in [2.24, 2.45) is 0 Å². The van der Waals surface area contributed by atoms with Gasteiger partial charge in [-0.15, -0.1) is 117 Å². The van der Waals surface area contributed by atoms with Gasteiger partial charge in [0.15, 0.2) is 0 Å². The van der Waals surface area contributed by atoms with E-state index >= 15 is 0 Å². The van der Waals surface area contributed by atoms with Crippen LogP contribution in [0.4, 0.5) is 0 Å². The summed E-state index contributed by atoms with van der Waals surface area (Å²) in [5.41, 5.74) is 10.2. The standard InChI is InChI=1S/3C16H13.C2H6Si.Zr/c2*1-12-10-14-8-5-9-15(16(14)11-12)13-6-3-2-4-7-13;1-3-9-15(10-4-1)13-7-8-14-16-11-5-2-6-12-16;1-3-2;/h2*2-11H,1H3;1-13H;1-2H3;/q3*-1;;+3. The van der Waals surface area contributed by atoms with Crippen molar-refractivity contribution in [3.8, 4) is 22.3 Å². The van der Waals surface area contributed by atoms with Crippen molar-refractivity contribution in [2.75, 3.05) is 0 Å². The van der Waals surface area contributed by atoms with Crippen molar-refractivity contribution in [1.29, 1.82) is 0 Å². The summed E-state index contributed by atoms with van der Waals surface area (Å²) in [7, 11) is 1.08. The smallest absolute Gasteiger partial charge is 0.165 e. The van der Waals surface area contributed by atoms with E-state index in [1.54, 1.807) is 0 Å². The SMILES string of the molecule is C[Si]C.Cc1cc2c(-c3ccccc3)cccc2[cH-]1.Cc1cc2c(-c3ccccc3)cccc2[cH-]1.[C-](=CC=Cc1ccccc1)c1ccccc1.[Zr+3]. The Morgan fingerprint density at radius 2 is 0.904 bits per heavy atom. The first-order valence-electron chi connectivity index (χ1n) is 17.4. The maximum atomic E-state index is 3.20. The molecule has 0 aliphatic heterocycles. The zero-order valence-corrected chi connectivity index (χ0v) is 34.0. The summed E-state index contributed by atoms with van der Waals surface area (Å²) >= 11 is 0. The Morgan fingerprint density at radius 3 is 1.35 bits per heavy atom. The number of hydrogen-bond donors (Lipinski definition) is 0. The van der Waals surface area contributed by atoms with Crippen molar-refractivity contribution >= 4 is 37.1 Å². The first-order valence-corrected chi connectivity index (χ1v) is 19.4. The van der Waals surface area contributed by atoms with Gasteiger partial charge in [0.2, 0.25) is 0 Å². The molecule has 52 heavy (non-hydrogen) atoms. The normalized spacial score (nSPS) is 10.5. The summed E-state index contributed by atoms with van der Waals surface area (Å²) in [4.78, 5) is 0. The fraction of sp³-hybridized carbons (Fsp3) is 0.0800. The first-order chi connectivity index (χ1) is 25.1. The zero-order chi connectivity index (χ0) is 35.7. The van der Waals surface area contributed by atoms with E-state index in [-0.39, 0.29) is 26.2 Å². The molecule has 3 radical (unpaired) electrons. The Kier molecular flexibility index (Phi) is 16.5. The average molecular weight is 765 g/mol. The Morgan fingerprint density at radius 1 is 0.500 bits per heavy atom. The van der Waals surface area contributed by atoms with Gasteiger partial charge in [-0.1, -0.05) is 153 Å². The molecule has 0 unspecified atom stereocenters. The van der Waals surface area contributed by atoms with Crippen molar-refractivity contribution in [3.63, 3.8) is 0 Å². The van der Waals surface area contributed by atoms with Gasteiger partial charge in [-0.3, -0.25) is 0 Å². The summed E-state index contributed by atoms with van der Waals surface area (Å²) in [6.07, 6.45) is 9.20. The molecule has 0 aromatic heterocycles. The van der Waals surface area contributed by atoms with Crippen molar-refractivity contribution < 1.29 is 26.2 Å². The van der Waals surface area contributed by atoms with Crippen LogP contribution < -0.4 is 0 Å². The van der Waals surface area contributed by atoms with Gasteiger partial charge in [0.25, 0.3) is 0 Å². The summed E-state index contributed by atoms with van der Waals surface area (Å²) in [5, 5.41) is 5.37. The topological polar surface area (TPSA) is 0 Å². The van der Waals surface area contributed by atoms with Crippen LogP contribution in [0.25, 0.3) is 49.9 Å². The molecule has 2 heteroatoms. The maximum absolute atomic E-state index is 3.20. The number of hydrogen-bond acceptors (Lipinski definition) is 0. The van der Waals surface area contributed by atoms with Crippen molar-refractivity contribution in [1.82, 2.24) is 0 Å². The third-order valence-electron chi connectivity index (χ3n) is 8.17. The number of aryl methyl sites for hydroxylation is 2. The van der Waals surface area contributed by atoms with E-state index in [2.05, 4.69) is 173 Å². The Bertz CT molecular complexity index is 2080. The quantitative estimate of drug-likeness (QED) is 0.0930. The second-order valence-corrected chi connectivity index (χ2v) is 13.4. The van der Waals surface area contributed by atoms with Crippen molar-refractivity contribution in [3.05, 3.63) is 222 Å². The van der Waals surface area contributed by atoms with E-state index in [9.17, 15) is 0 Å². The number of rotatable bonds is 5. The molecule has 0 fully saturated rings. The average Bonchev–Trinajstić information content (AvgIpc) is 3.76. The van der Waals surface area contributed by atoms with E-state index in [0.717, 1.165) is 15.1 Å². The van der Waals surface area contributed by atoms with Crippen LogP contribution in [0.5, 0.6) is 0 Å². The predicted molar refractivity (Wildman–Crippen MR) is 226 cm³/mol. The van der Waals surface area contributed by atoms with Gasteiger partial charge in [-0.25, -0.2) is 0 Å². The minimum atomic E-state index is 0. The van der Waals surface area contributed by atoms with Crippen LogP contribution in [0.2, 0.25) is 13.1 Å². The van der Waals surface area contributed by atoms with Gasteiger partial charge in [-0.2, -0.15) is 12.1 Å². The fourth-order valence-corrected chi connectivity index (χ4v) is 5.91. The van der Waals surface area contributed by atoms with Crippen LogP contribution in [0, 0.1) is 19.9 Å². The van der Waals surface area contributed by atoms with E-state index in [1.165, 1.54) is 60.5 Å². The van der Waals surface area contributed by atoms with Gasteiger partial charge in [-0.05, 0) is 16.7 Å². The molecule has 0 atom stereocenters. The van der Waals surface area contributed by atoms with Gasteiger partial charge < -0.3 is 0 Å². The fourth-order valence-electron chi connectivity index (χ4n) is 5.91. The van der Waals surface area contributed by atoms with Gasteiger partial charge in [0.05, 0.1) is 0 Å². The molecule has 0 aliphatic carbocycles.